The lowest BCUT2D eigenvalue weighted by Gasteiger charge is -2.45. The van der Waals surface area contributed by atoms with Gasteiger partial charge in [0.1, 0.15) is 5.75 Å². The average Bonchev–Trinajstić information content (AvgIpc) is 3.02. The van der Waals surface area contributed by atoms with Gasteiger partial charge in [-0.3, -0.25) is 9.52 Å². The van der Waals surface area contributed by atoms with Gasteiger partial charge >= 0.3 is 0 Å². The van der Waals surface area contributed by atoms with E-state index in [1.807, 2.05) is 37.3 Å². The molecule has 6 rings (SSSR count). The van der Waals surface area contributed by atoms with Crippen molar-refractivity contribution in [1.82, 2.24) is 4.72 Å². The fourth-order valence-corrected chi connectivity index (χ4v) is 8.94. The van der Waals surface area contributed by atoms with Crippen molar-refractivity contribution in [3.8, 4) is 5.75 Å². The minimum Gasteiger partial charge on any atom is -0.490 e. The summed E-state index contributed by atoms with van der Waals surface area (Å²) < 4.78 is 22.5. The Morgan fingerprint density at radius 1 is 1.23 bits per heavy atom. The van der Waals surface area contributed by atoms with Crippen molar-refractivity contribution >= 4 is 38.8 Å². The summed E-state index contributed by atoms with van der Waals surface area (Å²) in [5, 5.41) is 11.9. The Morgan fingerprint density at radius 3 is 2.88 bits per heavy atom. The summed E-state index contributed by atoms with van der Waals surface area (Å²) in [5.41, 5.74) is 3.68. The first kappa shape index (κ1) is 27.7. The third kappa shape index (κ3) is 5.40. The maximum atomic E-state index is 13.3. The lowest BCUT2D eigenvalue weighted by molar-refractivity contribution is 0.0177. The predicted molar refractivity (Wildman–Crippen MR) is 163 cm³/mol. The number of aryl methyl sites for hydroxylation is 1. The number of carbonyl (C=O) groups excluding carboxylic acids is 1. The molecule has 214 valence electrons. The molecule has 2 heterocycles. The number of nitrogens with one attached hydrogen (secondary N) is 1. The fraction of sp³-hybridized carbons (Fsp3) is 0.500. The van der Waals surface area contributed by atoms with E-state index in [4.69, 9.17) is 16.3 Å². The number of rotatable bonds is 0. The lowest BCUT2D eigenvalue weighted by atomic mass is 9.68. The zero-order valence-corrected chi connectivity index (χ0v) is 24.7. The highest BCUT2D eigenvalue weighted by Crippen LogP contribution is 2.46. The van der Waals surface area contributed by atoms with Gasteiger partial charge in [0.25, 0.3) is 5.91 Å². The van der Waals surface area contributed by atoms with Gasteiger partial charge in [-0.2, -0.15) is 0 Å². The number of ether oxygens (including phenoxy) is 1. The number of allylic oxidation sites excluding steroid dienone is 1. The minimum absolute atomic E-state index is 0.0389. The smallest absolute Gasteiger partial charge is 0.262 e. The molecule has 0 saturated heterocycles. The van der Waals surface area contributed by atoms with Gasteiger partial charge in [0.05, 0.1) is 18.4 Å². The standard InChI is InChI=1S/C32H39ClN2O4S/c1-21-5-3-7-29(36)26-11-8-24(26)17-35-19-32(14-4-6-22-15-25(33)10-12-27(22)32)20-39-30-13-9-23(16-28(30)35)31(37)34-40(2,38)18-21/h3,5,9-10,12-13,15-16,21,24,26,29,36H,2,4,6-8,11,14,17-20H2,1H3,(H,34,37,38)/b5-3+/t21-,24+,26-,29+,32+,40?/m1/s1. The van der Waals surface area contributed by atoms with E-state index in [1.165, 1.54) is 11.1 Å². The van der Waals surface area contributed by atoms with Crippen LogP contribution >= 0.6 is 11.6 Å². The van der Waals surface area contributed by atoms with E-state index in [1.54, 1.807) is 6.07 Å². The zero-order valence-electron chi connectivity index (χ0n) is 23.1. The van der Waals surface area contributed by atoms with Crippen LogP contribution < -0.4 is 14.4 Å². The number of nitrogens with zero attached hydrogens (tertiary/aromatic N) is 1. The average molecular weight is 583 g/mol. The Labute approximate surface area is 242 Å². The number of anilines is 1. The molecule has 2 aromatic carbocycles. The molecule has 40 heavy (non-hydrogen) atoms. The van der Waals surface area contributed by atoms with Crippen LogP contribution in [0.1, 0.15) is 60.5 Å². The molecule has 6 nitrogen and oxygen atoms in total. The molecule has 2 bridgehead atoms. The van der Waals surface area contributed by atoms with Gasteiger partial charge in [-0.05, 0) is 104 Å². The summed E-state index contributed by atoms with van der Waals surface area (Å²) >= 11 is 6.39. The molecule has 1 amide bonds. The number of fused-ring (bicyclic) bond motifs is 4. The second kappa shape index (κ2) is 10.7. The van der Waals surface area contributed by atoms with E-state index in [0.29, 0.717) is 24.5 Å². The Bertz CT molecular complexity index is 1440. The van der Waals surface area contributed by atoms with Crippen molar-refractivity contribution < 1.29 is 18.8 Å². The normalized spacial score (nSPS) is 34.9. The van der Waals surface area contributed by atoms with Gasteiger partial charge in [0.2, 0.25) is 0 Å². The fourth-order valence-electron chi connectivity index (χ4n) is 7.24. The van der Waals surface area contributed by atoms with Crippen LogP contribution in [-0.4, -0.2) is 52.6 Å². The molecule has 1 fully saturated rings. The molecule has 0 radical (unpaired) electrons. The molecule has 2 aliphatic heterocycles. The summed E-state index contributed by atoms with van der Waals surface area (Å²) in [6.07, 6.45) is 9.26. The van der Waals surface area contributed by atoms with E-state index in [0.717, 1.165) is 61.7 Å². The number of halogens is 1. The first-order valence-electron chi connectivity index (χ1n) is 14.4. The molecule has 2 N–H and O–H groups in total. The van der Waals surface area contributed by atoms with E-state index in [9.17, 15) is 14.1 Å². The van der Waals surface area contributed by atoms with E-state index >= 15 is 0 Å². The molecule has 2 aliphatic carbocycles. The maximum absolute atomic E-state index is 13.3. The molecule has 1 spiro atoms. The molecule has 6 atom stereocenters. The van der Waals surface area contributed by atoms with E-state index in [2.05, 4.69) is 27.6 Å². The van der Waals surface area contributed by atoms with Crippen molar-refractivity contribution in [2.75, 3.05) is 30.3 Å². The number of aliphatic hydroxyl groups is 1. The topological polar surface area (TPSA) is 78.9 Å². The number of amides is 1. The zero-order chi connectivity index (χ0) is 28.1. The summed E-state index contributed by atoms with van der Waals surface area (Å²) in [6, 6.07) is 11.7. The van der Waals surface area contributed by atoms with Gasteiger partial charge in [-0.1, -0.05) is 36.7 Å². The molecule has 1 saturated carbocycles. The highest BCUT2D eigenvalue weighted by molar-refractivity contribution is 7.99. The Hall–Kier alpha value is -2.48. The number of hydrogen-bond acceptors (Lipinski definition) is 5. The van der Waals surface area contributed by atoms with Crippen molar-refractivity contribution in [2.45, 2.75) is 57.0 Å². The second-order valence-electron chi connectivity index (χ2n) is 12.4. The third-order valence-corrected chi connectivity index (χ3v) is 11.2. The molecule has 2 aromatic rings. The Morgan fingerprint density at radius 2 is 2.08 bits per heavy atom. The van der Waals surface area contributed by atoms with Crippen LogP contribution in [0.25, 0.3) is 0 Å². The van der Waals surface area contributed by atoms with Crippen LogP contribution in [0.4, 0.5) is 5.69 Å². The first-order valence-corrected chi connectivity index (χ1v) is 16.7. The summed E-state index contributed by atoms with van der Waals surface area (Å²) in [7, 11) is -2.85. The van der Waals surface area contributed by atoms with Crippen molar-refractivity contribution in [3.63, 3.8) is 0 Å². The molecule has 4 aliphatic rings. The minimum atomic E-state index is -2.85. The number of hydrogen-bond donors (Lipinski definition) is 2. The molecule has 0 aromatic heterocycles. The van der Waals surface area contributed by atoms with Crippen LogP contribution in [0, 0.1) is 17.8 Å². The Balaban J connectivity index is 1.41. The lowest BCUT2D eigenvalue weighted by Crippen LogP contribution is -2.49. The first-order chi connectivity index (χ1) is 19.1. The Kier molecular flexibility index (Phi) is 7.43. The van der Waals surface area contributed by atoms with Crippen LogP contribution in [0.15, 0.2) is 48.6 Å². The van der Waals surface area contributed by atoms with E-state index in [-0.39, 0.29) is 28.9 Å². The van der Waals surface area contributed by atoms with Gasteiger partial charge in [-0.25, -0.2) is 4.21 Å². The van der Waals surface area contributed by atoms with Crippen LogP contribution in [0.3, 0.4) is 0 Å². The quantitative estimate of drug-likeness (QED) is 0.331. The summed E-state index contributed by atoms with van der Waals surface area (Å²) in [4.78, 5) is 15.7. The highest BCUT2D eigenvalue weighted by Gasteiger charge is 2.44. The van der Waals surface area contributed by atoms with Gasteiger partial charge in [-0.15, -0.1) is 0 Å². The molecule has 1 unspecified atom stereocenters. The van der Waals surface area contributed by atoms with Crippen molar-refractivity contribution in [1.29, 1.82) is 0 Å². The summed E-state index contributed by atoms with van der Waals surface area (Å²) in [5.74, 6) is 4.98. The SMILES string of the molecule is C=S1(=O)C[C@H](C)/C=C/C[C@H](O)[C@@H]2CC[C@H]2CN2C[C@@]3(CCCc4cc(Cl)ccc43)COc3ccc(cc32)C(=O)N1. The maximum Gasteiger partial charge on any atom is 0.262 e. The predicted octanol–water partition coefficient (Wildman–Crippen LogP) is 5.16. The van der Waals surface area contributed by atoms with Gasteiger partial charge in [0.15, 0.2) is 0 Å². The van der Waals surface area contributed by atoms with Gasteiger partial charge in [0, 0.05) is 44.6 Å². The van der Waals surface area contributed by atoms with Crippen LogP contribution in [-0.2, 0) is 21.5 Å². The van der Waals surface area contributed by atoms with E-state index < -0.39 is 15.8 Å². The van der Waals surface area contributed by atoms with Crippen LogP contribution in [0.5, 0.6) is 5.75 Å². The monoisotopic (exact) mass is 582 g/mol. The second-order valence-corrected chi connectivity index (χ2v) is 15.0. The number of aliphatic hydroxyl groups excluding tert-OH is 1. The largest absolute Gasteiger partial charge is 0.490 e. The van der Waals surface area contributed by atoms with Gasteiger partial charge < -0.3 is 14.7 Å². The van der Waals surface area contributed by atoms with Crippen molar-refractivity contribution in [2.24, 2.45) is 17.8 Å². The molecular weight excluding hydrogens is 544 g/mol. The number of benzene rings is 2. The molecule has 8 heteroatoms. The molecular formula is C32H39ClN2O4S. The third-order valence-electron chi connectivity index (χ3n) is 9.38. The van der Waals surface area contributed by atoms with Crippen LogP contribution in [0.2, 0.25) is 5.02 Å². The summed E-state index contributed by atoms with van der Waals surface area (Å²) in [6.45, 7) is 4.03. The highest BCUT2D eigenvalue weighted by atomic mass is 35.5. The number of carbonyl (C=O) groups is 1. The van der Waals surface area contributed by atoms with Crippen molar-refractivity contribution in [3.05, 3.63) is 70.3 Å².